The molecule has 0 aliphatic heterocycles. The Hall–Kier alpha value is -3.12. The molecule has 166 valence electrons. The van der Waals surface area contributed by atoms with E-state index in [1.807, 2.05) is 79.7 Å². The van der Waals surface area contributed by atoms with Gasteiger partial charge < -0.3 is 10.6 Å². The van der Waals surface area contributed by atoms with Crippen LogP contribution in [-0.4, -0.2) is 25.2 Å². The molecule has 1 amide bonds. The van der Waals surface area contributed by atoms with E-state index in [0.717, 1.165) is 27.8 Å². The van der Waals surface area contributed by atoms with Crippen LogP contribution in [0.1, 0.15) is 28.7 Å². The van der Waals surface area contributed by atoms with Crippen molar-refractivity contribution in [1.82, 2.24) is 10.6 Å². The average molecular weight is 438 g/mol. The summed E-state index contributed by atoms with van der Waals surface area (Å²) in [5.41, 5.74) is 4.38. The van der Waals surface area contributed by atoms with Gasteiger partial charge in [0.1, 0.15) is 12.0 Å². The lowest BCUT2D eigenvalue weighted by Gasteiger charge is -2.31. The minimum absolute atomic E-state index is 0.344. The zero-order valence-corrected chi connectivity index (χ0v) is 17.8. The van der Waals surface area contributed by atoms with Crippen molar-refractivity contribution in [3.8, 4) is 11.1 Å². The molecule has 3 nitrogen and oxygen atoms in total. The molecule has 1 aliphatic carbocycles. The smallest absolute Gasteiger partial charge is 0.346 e. The summed E-state index contributed by atoms with van der Waals surface area (Å²) in [6.45, 7) is 1.75. The number of nitrogens with one attached hydrogen (secondary N) is 2. The predicted molar refractivity (Wildman–Crippen MR) is 119 cm³/mol. The number of benzene rings is 3. The average Bonchev–Trinajstić information content (AvgIpc) is 3.07. The van der Waals surface area contributed by atoms with E-state index < -0.39 is 24.0 Å². The summed E-state index contributed by atoms with van der Waals surface area (Å²) in [7, 11) is 0. The lowest BCUT2D eigenvalue weighted by atomic mass is 9.74. The van der Waals surface area contributed by atoms with Gasteiger partial charge in [-0.3, -0.25) is 4.79 Å². The summed E-state index contributed by atoms with van der Waals surface area (Å²) >= 11 is 0. The molecule has 0 saturated carbocycles. The van der Waals surface area contributed by atoms with Crippen molar-refractivity contribution in [3.63, 3.8) is 0 Å². The van der Waals surface area contributed by atoms with Crippen molar-refractivity contribution in [2.75, 3.05) is 13.1 Å². The second kappa shape index (κ2) is 8.79. The Morgan fingerprint density at radius 1 is 0.875 bits per heavy atom. The fraction of sp³-hybridized carbons (Fsp3) is 0.269. The van der Waals surface area contributed by atoms with E-state index in [-0.39, 0.29) is 0 Å². The van der Waals surface area contributed by atoms with Gasteiger partial charge in [-0.15, -0.1) is 0 Å². The molecule has 0 heterocycles. The van der Waals surface area contributed by atoms with Gasteiger partial charge in [0.25, 0.3) is 0 Å². The van der Waals surface area contributed by atoms with Gasteiger partial charge in [0.05, 0.1) is 0 Å². The van der Waals surface area contributed by atoms with E-state index in [0.29, 0.717) is 19.5 Å². The molecule has 0 saturated heterocycles. The highest BCUT2D eigenvalue weighted by atomic mass is 19.4. The van der Waals surface area contributed by atoms with Gasteiger partial charge in [-0.1, -0.05) is 78.4 Å². The Morgan fingerprint density at radius 2 is 1.44 bits per heavy atom. The zero-order valence-electron chi connectivity index (χ0n) is 17.8. The molecule has 3 aromatic carbocycles. The first-order chi connectivity index (χ1) is 15.3. The first kappa shape index (κ1) is 22.1. The zero-order chi connectivity index (χ0) is 22.8. The van der Waals surface area contributed by atoms with Crippen molar-refractivity contribution in [3.05, 3.63) is 95.1 Å². The number of carbonyl (C=O) groups is 1. The molecule has 0 unspecified atom stereocenters. The first-order valence-corrected chi connectivity index (χ1v) is 10.6. The third kappa shape index (κ3) is 4.28. The lowest BCUT2D eigenvalue weighted by molar-refractivity contribution is -0.141. The number of alkyl halides is 3. The predicted octanol–water partition coefficient (Wildman–Crippen LogP) is 5.12. The second-order valence-electron chi connectivity index (χ2n) is 8.21. The molecular formula is C26H25F3N2O. The molecule has 6 heteroatoms. The standard InChI is InChI=1S/C26H25F3N2O/c1-18-10-12-19(13-11-18)16-30-15-14-25(24(32)31-17-26(27,28)29)22-8-4-2-6-20(22)21-7-3-5-9-23(21)25/h2-13,30H,14-17H2,1H3,(H,31,32). The van der Waals surface area contributed by atoms with Gasteiger partial charge in [0.2, 0.25) is 5.91 Å². The van der Waals surface area contributed by atoms with E-state index in [1.54, 1.807) is 0 Å². The lowest BCUT2D eigenvalue weighted by Crippen LogP contribution is -2.48. The maximum absolute atomic E-state index is 13.4. The van der Waals surface area contributed by atoms with Crippen molar-refractivity contribution in [2.45, 2.75) is 31.5 Å². The summed E-state index contributed by atoms with van der Waals surface area (Å²) in [5.74, 6) is -0.621. The molecule has 32 heavy (non-hydrogen) atoms. The number of hydrogen-bond donors (Lipinski definition) is 2. The van der Waals surface area contributed by atoms with Crippen LogP contribution in [0, 0.1) is 6.92 Å². The van der Waals surface area contributed by atoms with E-state index in [1.165, 1.54) is 5.56 Å². The van der Waals surface area contributed by atoms with Crippen molar-refractivity contribution >= 4 is 5.91 Å². The minimum Gasteiger partial charge on any atom is -0.346 e. The van der Waals surface area contributed by atoms with E-state index in [9.17, 15) is 18.0 Å². The largest absolute Gasteiger partial charge is 0.405 e. The number of fused-ring (bicyclic) bond motifs is 3. The molecule has 0 spiro atoms. The number of rotatable bonds is 7. The van der Waals surface area contributed by atoms with Gasteiger partial charge in [0.15, 0.2) is 0 Å². The molecule has 0 fully saturated rings. The number of aryl methyl sites for hydroxylation is 1. The number of amides is 1. The van der Waals surface area contributed by atoms with E-state index >= 15 is 0 Å². The summed E-state index contributed by atoms with van der Waals surface area (Å²) in [4.78, 5) is 13.4. The minimum atomic E-state index is -4.47. The van der Waals surface area contributed by atoms with Gasteiger partial charge in [-0.05, 0) is 47.7 Å². The maximum Gasteiger partial charge on any atom is 0.405 e. The van der Waals surface area contributed by atoms with Gasteiger partial charge in [0, 0.05) is 6.54 Å². The molecule has 1 aliphatic rings. The number of halogens is 3. The van der Waals surface area contributed by atoms with Crippen LogP contribution >= 0.6 is 0 Å². The maximum atomic E-state index is 13.4. The van der Waals surface area contributed by atoms with Crippen LogP contribution in [0.3, 0.4) is 0 Å². The highest BCUT2D eigenvalue weighted by molar-refractivity contribution is 6.00. The van der Waals surface area contributed by atoms with Crippen LogP contribution in [0.4, 0.5) is 13.2 Å². The molecule has 3 aromatic rings. The highest BCUT2D eigenvalue weighted by Crippen LogP contribution is 2.50. The fourth-order valence-electron chi connectivity index (χ4n) is 4.50. The van der Waals surface area contributed by atoms with Crippen LogP contribution in [0.15, 0.2) is 72.8 Å². The Labute approximate surface area is 185 Å². The van der Waals surface area contributed by atoms with Crippen molar-refractivity contribution < 1.29 is 18.0 Å². The highest BCUT2D eigenvalue weighted by Gasteiger charge is 2.49. The van der Waals surface area contributed by atoms with E-state index in [2.05, 4.69) is 10.6 Å². The van der Waals surface area contributed by atoms with Gasteiger partial charge in [-0.25, -0.2) is 0 Å². The quantitative estimate of drug-likeness (QED) is 0.503. The Bertz CT molecular complexity index is 1060. The fourth-order valence-corrected chi connectivity index (χ4v) is 4.50. The Kier molecular flexibility index (Phi) is 6.07. The summed E-state index contributed by atoms with van der Waals surface area (Å²) < 4.78 is 38.7. The molecular weight excluding hydrogens is 413 g/mol. The van der Waals surface area contributed by atoms with Crippen LogP contribution < -0.4 is 10.6 Å². The molecule has 2 N–H and O–H groups in total. The number of carbonyl (C=O) groups excluding carboxylic acids is 1. The Balaban J connectivity index is 1.63. The Morgan fingerprint density at radius 3 is 2.00 bits per heavy atom. The van der Waals surface area contributed by atoms with E-state index in [4.69, 9.17) is 0 Å². The molecule has 4 rings (SSSR count). The van der Waals surface area contributed by atoms with Gasteiger partial charge >= 0.3 is 6.18 Å². The van der Waals surface area contributed by atoms with Crippen LogP contribution in [0.2, 0.25) is 0 Å². The monoisotopic (exact) mass is 438 g/mol. The summed E-state index contributed by atoms with van der Waals surface area (Å²) in [6.07, 6.45) is -4.13. The normalized spacial score (nSPS) is 14.0. The molecule has 0 radical (unpaired) electrons. The molecule has 0 atom stereocenters. The third-order valence-electron chi connectivity index (χ3n) is 6.03. The topological polar surface area (TPSA) is 41.1 Å². The number of hydrogen-bond acceptors (Lipinski definition) is 2. The summed E-state index contributed by atoms with van der Waals surface area (Å²) in [5, 5.41) is 5.52. The summed E-state index contributed by atoms with van der Waals surface area (Å²) in [6, 6.07) is 23.1. The first-order valence-electron chi connectivity index (χ1n) is 10.6. The van der Waals surface area contributed by atoms with Gasteiger partial charge in [-0.2, -0.15) is 13.2 Å². The van der Waals surface area contributed by atoms with Crippen LogP contribution in [0.25, 0.3) is 11.1 Å². The van der Waals surface area contributed by atoms with Crippen LogP contribution in [-0.2, 0) is 16.8 Å². The third-order valence-corrected chi connectivity index (χ3v) is 6.03. The second-order valence-corrected chi connectivity index (χ2v) is 8.21. The molecule has 0 bridgehead atoms. The van der Waals surface area contributed by atoms with Crippen molar-refractivity contribution in [1.29, 1.82) is 0 Å². The van der Waals surface area contributed by atoms with Crippen LogP contribution in [0.5, 0.6) is 0 Å². The SMILES string of the molecule is Cc1ccc(CNCCC2(C(=O)NCC(F)(F)F)c3ccccc3-c3ccccc32)cc1. The van der Waals surface area contributed by atoms with Crippen molar-refractivity contribution in [2.24, 2.45) is 0 Å². The molecule has 0 aromatic heterocycles.